The van der Waals surface area contributed by atoms with Gasteiger partial charge in [0.2, 0.25) is 0 Å². The van der Waals surface area contributed by atoms with Crippen LogP contribution in [0.25, 0.3) is 0 Å². The topological polar surface area (TPSA) is 87.7 Å². The van der Waals surface area contributed by atoms with Gasteiger partial charge in [0.15, 0.2) is 6.04 Å². The molecule has 3 N–H and O–H groups in total. The number of aliphatic carboxylic acids is 1. The van der Waals surface area contributed by atoms with Crippen LogP contribution in [0.4, 0.5) is 4.79 Å². The van der Waals surface area contributed by atoms with Crippen molar-refractivity contribution in [2.75, 3.05) is 13.7 Å². The molecular formula is C15H22N2O4. The minimum absolute atomic E-state index is 0.177. The SMILES string of the molecule is COCC(NC(=O)N[C@H](C(=O)O)c1ccccc1)C(C)C. The third-order valence-electron chi connectivity index (χ3n) is 3.12. The van der Waals surface area contributed by atoms with Gasteiger partial charge in [0.05, 0.1) is 12.6 Å². The minimum atomic E-state index is -1.11. The molecule has 0 aliphatic rings. The van der Waals surface area contributed by atoms with Crippen molar-refractivity contribution in [1.82, 2.24) is 10.6 Å². The predicted octanol–water partition coefficient (Wildman–Crippen LogP) is 1.78. The summed E-state index contributed by atoms with van der Waals surface area (Å²) < 4.78 is 5.04. The normalized spacial score (nSPS) is 13.5. The van der Waals surface area contributed by atoms with Crippen LogP contribution in [0.3, 0.4) is 0 Å². The molecule has 0 fully saturated rings. The highest BCUT2D eigenvalue weighted by atomic mass is 16.5. The third kappa shape index (κ3) is 5.43. The molecule has 6 heteroatoms. The van der Waals surface area contributed by atoms with E-state index >= 15 is 0 Å². The summed E-state index contributed by atoms with van der Waals surface area (Å²) in [5.74, 6) is -0.931. The largest absolute Gasteiger partial charge is 0.479 e. The summed E-state index contributed by atoms with van der Waals surface area (Å²) in [6.45, 7) is 4.28. The fraction of sp³-hybridized carbons (Fsp3) is 0.467. The third-order valence-corrected chi connectivity index (χ3v) is 3.12. The smallest absolute Gasteiger partial charge is 0.330 e. The van der Waals surface area contributed by atoms with E-state index in [2.05, 4.69) is 10.6 Å². The first-order chi connectivity index (χ1) is 9.95. The van der Waals surface area contributed by atoms with Gasteiger partial charge in [0.25, 0.3) is 0 Å². The number of carboxylic acids is 1. The zero-order valence-electron chi connectivity index (χ0n) is 12.5. The standard InChI is InChI=1S/C15H22N2O4/c1-10(2)12(9-21-3)16-15(20)17-13(14(18)19)11-7-5-4-6-8-11/h4-8,10,12-13H,9H2,1-3H3,(H,18,19)(H2,16,17,20)/t12?,13-/m0/s1. The highest BCUT2D eigenvalue weighted by Crippen LogP contribution is 2.12. The highest BCUT2D eigenvalue weighted by molar-refractivity contribution is 5.83. The van der Waals surface area contributed by atoms with Crippen molar-refractivity contribution in [2.24, 2.45) is 5.92 Å². The molecule has 2 atom stereocenters. The molecule has 0 saturated carbocycles. The number of rotatable bonds is 7. The Hall–Kier alpha value is -2.08. The summed E-state index contributed by atoms with van der Waals surface area (Å²) in [5, 5.41) is 14.5. The number of hydrogen-bond acceptors (Lipinski definition) is 3. The Bertz CT molecular complexity index is 462. The lowest BCUT2D eigenvalue weighted by Crippen LogP contribution is -2.48. The summed E-state index contributed by atoms with van der Waals surface area (Å²) in [7, 11) is 1.55. The van der Waals surface area contributed by atoms with Crippen LogP contribution in [0, 0.1) is 5.92 Å². The second kappa shape index (κ2) is 8.26. The Balaban J connectivity index is 2.71. The van der Waals surface area contributed by atoms with Crippen LogP contribution < -0.4 is 10.6 Å². The fourth-order valence-electron chi connectivity index (χ4n) is 1.85. The lowest BCUT2D eigenvalue weighted by atomic mass is 10.1. The Morgan fingerprint density at radius 1 is 1.19 bits per heavy atom. The van der Waals surface area contributed by atoms with E-state index in [1.54, 1.807) is 37.4 Å². The summed E-state index contributed by atoms with van der Waals surface area (Å²) in [4.78, 5) is 23.3. The average molecular weight is 294 g/mol. The second-order valence-corrected chi connectivity index (χ2v) is 5.11. The summed E-state index contributed by atoms with van der Waals surface area (Å²) in [6.07, 6.45) is 0. The van der Waals surface area contributed by atoms with Gasteiger partial charge in [-0.15, -0.1) is 0 Å². The van der Waals surface area contributed by atoms with E-state index in [1.807, 2.05) is 13.8 Å². The summed E-state index contributed by atoms with van der Waals surface area (Å²) in [5.41, 5.74) is 0.521. The Morgan fingerprint density at radius 3 is 2.29 bits per heavy atom. The van der Waals surface area contributed by atoms with Crippen molar-refractivity contribution in [1.29, 1.82) is 0 Å². The molecule has 1 aromatic rings. The molecule has 0 aromatic heterocycles. The number of amides is 2. The van der Waals surface area contributed by atoms with Crippen molar-refractivity contribution >= 4 is 12.0 Å². The Kier molecular flexibility index (Phi) is 6.68. The highest BCUT2D eigenvalue weighted by Gasteiger charge is 2.23. The van der Waals surface area contributed by atoms with Gasteiger partial charge in [-0.25, -0.2) is 9.59 Å². The van der Waals surface area contributed by atoms with Crippen molar-refractivity contribution < 1.29 is 19.4 Å². The lowest BCUT2D eigenvalue weighted by Gasteiger charge is -2.23. The zero-order valence-corrected chi connectivity index (χ0v) is 12.5. The molecule has 0 bridgehead atoms. The van der Waals surface area contributed by atoms with Crippen LogP contribution in [-0.4, -0.2) is 36.9 Å². The number of hydrogen-bond donors (Lipinski definition) is 3. The van der Waals surface area contributed by atoms with E-state index in [0.29, 0.717) is 12.2 Å². The second-order valence-electron chi connectivity index (χ2n) is 5.11. The van der Waals surface area contributed by atoms with Crippen molar-refractivity contribution in [2.45, 2.75) is 25.9 Å². The number of carbonyl (C=O) groups excluding carboxylic acids is 1. The average Bonchev–Trinajstić information content (AvgIpc) is 2.44. The summed E-state index contributed by atoms with van der Waals surface area (Å²) >= 11 is 0. The monoisotopic (exact) mass is 294 g/mol. The van der Waals surface area contributed by atoms with E-state index in [9.17, 15) is 14.7 Å². The Labute approximate surface area is 124 Å². The molecule has 2 amide bonds. The molecule has 1 unspecified atom stereocenters. The van der Waals surface area contributed by atoms with Crippen molar-refractivity contribution in [3.05, 3.63) is 35.9 Å². The number of nitrogens with one attached hydrogen (secondary N) is 2. The predicted molar refractivity (Wildman–Crippen MR) is 79.0 cm³/mol. The first kappa shape index (κ1) is 17.0. The molecule has 0 radical (unpaired) electrons. The van der Waals surface area contributed by atoms with E-state index < -0.39 is 18.0 Å². The van der Waals surface area contributed by atoms with Crippen LogP contribution >= 0.6 is 0 Å². The molecule has 116 valence electrons. The number of ether oxygens (including phenoxy) is 1. The molecule has 1 rings (SSSR count). The lowest BCUT2D eigenvalue weighted by molar-refractivity contribution is -0.139. The number of benzene rings is 1. The number of methoxy groups -OCH3 is 1. The van der Waals surface area contributed by atoms with Gasteiger partial charge in [0.1, 0.15) is 0 Å². The van der Waals surface area contributed by atoms with E-state index in [1.165, 1.54) is 0 Å². The molecule has 6 nitrogen and oxygen atoms in total. The maximum atomic E-state index is 12.0. The van der Waals surface area contributed by atoms with Crippen molar-refractivity contribution in [3.63, 3.8) is 0 Å². The zero-order chi connectivity index (χ0) is 15.8. The maximum Gasteiger partial charge on any atom is 0.330 e. The van der Waals surface area contributed by atoms with Crippen LogP contribution in [0.5, 0.6) is 0 Å². The molecule has 0 spiro atoms. The summed E-state index contributed by atoms with van der Waals surface area (Å²) in [6, 6.07) is 6.78. The molecule has 1 aromatic carbocycles. The van der Waals surface area contributed by atoms with Gasteiger partial charge in [-0.05, 0) is 11.5 Å². The van der Waals surface area contributed by atoms with Crippen LogP contribution in [-0.2, 0) is 9.53 Å². The molecule has 0 aliphatic carbocycles. The quantitative estimate of drug-likeness (QED) is 0.715. The van der Waals surface area contributed by atoms with Crippen molar-refractivity contribution in [3.8, 4) is 0 Å². The van der Waals surface area contributed by atoms with Gasteiger partial charge < -0.3 is 20.5 Å². The minimum Gasteiger partial charge on any atom is -0.479 e. The van der Waals surface area contributed by atoms with Crippen LogP contribution in [0.15, 0.2) is 30.3 Å². The van der Waals surface area contributed by atoms with E-state index in [4.69, 9.17) is 4.74 Å². The van der Waals surface area contributed by atoms with E-state index in [0.717, 1.165) is 0 Å². The van der Waals surface area contributed by atoms with Gasteiger partial charge >= 0.3 is 12.0 Å². The van der Waals surface area contributed by atoms with Gasteiger partial charge in [-0.3, -0.25) is 0 Å². The molecular weight excluding hydrogens is 272 g/mol. The molecule has 0 aliphatic heterocycles. The van der Waals surface area contributed by atoms with Gasteiger partial charge in [-0.2, -0.15) is 0 Å². The first-order valence-corrected chi connectivity index (χ1v) is 6.79. The Morgan fingerprint density at radius 2 is 1.81 bits per heavy atom. The molecule has 0 heterocycles. The van der Waals surface area contributed by atoms with Gasteiger partial charge in [-0.1, -0.05) is 44.2 Å². The molecule has 21 heavy (non-hydrogen) atoms. The maximum absolute atomic E-state index is 12.0. The van der Waals surface area contributed by atoms with E-state index in [-0.39, 0.29) is 12.0 Å². The number of urea groups is 1. The number of carboxylic acid groups (broad SMARTS) is 1. The molecule has 0 saturated heterocycles. The van der Waals surface area contributed by atoms with Gasteiger partial charge in [0, 0.05) is 7.11 Å². The first-order valence-electron chi connectivity index (χ1n) is 6.79. The van der Waals surface area contributed by atoms with Crippen LogP contribution in [0.1, 0.15) is 25.5 Å². The van der Waals surface area contributed by atoms with Crippen LogP contribution in [0.2, 0.25) is 0 Å². The fourth-order valence-corrected chi connectivity index (χ4v) is 1.85. The number of carbonyl (C=O) groups is 2.